The lowest BCUT2D eigenvalue weighted by molar-refractivity contribution is -0.0141. The van der Waals surface area contributed by atoms with Crippen LogP contribution in [-0.4, -0.2) is 88.0 Å². The van der Waals surface area contributed by atoms with Crippen molar-refractivity contribution >= 4 is 15.9 Å². The van der Waals surface area contributed by atoms with Gasteiger partial charge < -0.3 is 14.8 Å². The van der Waals surface area contributed by atoms with E-state index >= 15 is 0 Å². The second-order valence-corrected chi connectivity index (χ2v) is 9.98. The Morgan fingerprint density at radius 2 is 2.11 bits per heavy atom. The van der Waals surface area contributed by atoms with Crippen LogP contribution in [0.15, 0.2) is 30.3 Å². The lowest BCUT2D eigenvalue weighted by atomic mass is 10.2. The fourth-order valence-electron chi connectivity index (χ4n) is 3.56. The number of methoxy groups -OCH3 is 1. The Hall–Kier alpha value is -3.49. The van der Waals surface area contributed by atoms with E-state index in [2.05, 4.69) is 30.7 Å². The number of benzene rings is 1. The second-order valence-electron chi connectivity index (χ2n) is 8.00. The molecule has 186 valence electrons. The quantitative estimate of drug-likeness (QED) is 0.446. The van der Waals surface area contributed by atoms with Crippen molar-refractivity contribution in [2.24, 2.45) is 0 Å². The van der Waals surface area contributed by atoms with E-state index in [9.17, 15) is 13.2 Å². The average molecular weight is 503 g/mol. The monoisotopic (exact) mass is 502 g/mol. The summed E-state index contributed by atoms with van der Waals surface area (Å²) in [6.45, 7) is 3.00. The summed E-state index contributed by atoms with van der Waals surface area (Å²) >= 11 is 0. The number of aryl methyl sites for hydroxylation is 1. The lowest BCUT2D eigenvalue weighted by Crippen LogP contribution is -2.46. The molecule has 1 fully saturated rings. The SMILES string of the molecule is COc1cccc(CNC(=O)c2cc(-c3nnn(CC4CN(S(C)(=O)=O)CCO4)n3)nc(C)n2)c1. The van der Waals surface area contributed by atoms with Crippen molar-refractivity contribution < 1.29 is 22.7 Å². The summed E-state index contributed by atoms with van der Waals surface area (Å²) in [5.41, 5.74) is 1.40. The molecule has 0 radical (unpaired) electrons. The summed E-state index contributed by atoms with van der Waals surface area (Å²) < 4.78 is 35.8. The normalized spacial score (nSPS) is 16.7. The Kier molecular flexibility index (Phi) is 7.33. The molecule has 0 saturated carbocycles. The molecule has 2 aromatic heterocycles. The van der Waals surface area contributed by atoms with Gasteiger partial charge in [-0.2, -0.15) is 9.10 Å². The number of nitrogens with one attached hydrogen (secondary N) is 1. The number of hydrogen-bond acceptors (Lipinski definition) is 10. The van der Waals surface area contributed by atoms with Gasteiger partial charge in [-0.3, -0.25) is 4.79 Å². The van der Waals surface area contributed by atoms with Crippen molar-refractivity contribution in [1.29, 1.82) is 0 Å². The summed E-state index contributed by atoms with van der Waals surface area (Å²) in [6.07, 6.45) is 0.758. The smallest absolute Gasteiger partial charge is 0.270 e. The highest BCUT2D eigenvalue weighted by Crippen LogP contribution is 2.15. The van der Waals surface area contributed by atoms with Crippen molar-refractivity contribution in [2.45, 2.75) is 26.1 Å². The van der Waals surface area contributed by atoms with Gasteiger partial charge in [0.2, 0.25) is 15.8 Å². The maximum absolute atomic E-state index is 12.7. The number of rotatable bonds is 8. The van der Waals surface area contributed by atoms with Crippen LogP contribution in [0, 0.1) is 6.92 Å². The minimum absolute atomic E-state index is 0.172. The Balaban J connectivity index is 1.43. The van der Waals surface area contributed by atoms with Crippen LogP contribution in [0.5, 0.6) is 5.75 Å². The summed E-state index contributed by atoms with van der Waals surface area (Å²) in [6, 6.07) is 8.89. The average Bonchev–Trinajstić information content (AvgIpc) is 3.30. The molecule has 0 bridgehead atoms. The Labute approximate surface area is 202 Å². The number of carbonyl (C=O) groups is 1. The van der Waals surface area contributed by atoms with Gasteiger partial charge in [0.25, 0.3) is 5.91 Å². The third kappa shape index (κ3) is 6.35. The molecule has 3 aromatic rings. The van der Waals surface area contributed by atoms with Gasteiger partial charge in [-0.15, -0.1) is 10.2 Å². The van der Waals surface area contributed by atoms with Crippen LogP contribution in [0.25, 0.3) is 11.5 Å². The van der Waals surface area contributed by atoms with Crippen molar-refractivity contribution in [3.63, 3.8) is 0 Å². The number of carbonyl (C=O) groups excluding carboxylic acids is 1. The molecule has 14 heteroatoms. The van der Waals surface area contributed by atoms with E-state index in [1.807, 2.05) is 24.3 Å². The van der Waals surface area contributed by atoms with Crippen LogP contribution in [-0.2, 0) is 27.8 Å². The molecule has 1 aromatic carbocycles. The van der Waals surface area contributed by atoms with E-state index in [0.29, 0.717) is 37.0 Å². The number of amides is 1. The molecule has 1 saturated heterocycles. The van der Waals surface area contributed by atoms with E-state index in [0.717, 1.165) is 5.56 Å². The lowest BCUT2D eigenvalue weighted by Gasteiger charge is -2.30. The van der Waals surface area contributed by atoms with Gasteiger partial charge in [0.1, 0.15) is 23.0 Å². The first-order chi connectivity index (χ1) is 16.7. The third-order valence-corrected chi connectivity index (χ3v) is 6.55. The number of ether oxygens (including phenoxy) is 2. The zero-order valence-electron chi connectivity index (χ0n) is 19.6. The Morgan fingerprint density at radius 1 is 1.29 bits per heavy atom. The Bertz CT molecular complexity index is 1310. The maximum atomic E-state index is 12.7. The molecule has 13 nitrogen and oxygen atoms in total. The molecule has 4 rings (SSSR count). The van der Waals surface area contributed by atoms with Crippen LogP contribution >= 0.6 is 0 Å². The number of nitrogens with zero attached hydrogens (tertiary/aromatic N) is 7. The zero-order chi connectivity index (χ0) is 25.0. The molecule has 1 atom stereocenters. The fourth-order valence-corrected chi connectivity index (χ4v) is 4.41. The summed E-state index contributed by atoms with van der Waals surface area (Å²) in [7, 11) is -1.72. The molecule has 1 aliphatic rings. The predicted octanol–water partition coefficient (Wildman–Crippen LogP) is 0.0375. The van der Waals surface area contributed by atoms with Crippen LogP contribution in [0.1, 0.15) is 21.9 Å². The molecule has 1 N–H and O–H groups in total. The van der Waals surface area contributed by atoms with Crippen LogP contribution in [0.3, 0.4) is 0 Å². The second kappa shape index (κ2) is 10.4. The van der Waals surface area contributed by atoms with Gasteiger partial charge in [-0.1, -0.05) is 12.1 Å². The van der Waals surface area contributed by atoms with E-state index in [1.54, 1.807) is 14.0 Å². The molecule has 1 amide bonds. The largest absolute Gasteiger partial charge is 0.497 e. The molecule has 3 heterocycles. The molecular formula is C21H26N8O5S. The van der Waals surface area contributed by atoms with Gasteiger partial charge in [0, 0.05) is 19.6 Å². The van der Waals surface area contributed by atoms with Gasteiger partial charge >= 0.3 is 0 Å². The number of aromatic nitrogens is 6. The summed E-state index contributed by atoms with van der Waals surface area (Å²) in [4.78, 5) is 22.6. The van der Waals surface area contributed by atoms with Crippen molar-refractivity contribution in [1.82, 2.24) is 39.8 Å². The van der Waals surface area contributed by atoms with Crippen LogP contribution in [0.2, 0.25) is 0 Å². The topological polar surface area (TPSA) is 154 Å². The first-order valence-electron chi connectivity index (χ1n) is 10.8. The highest BCUT2D eigenvalue weighted by atomic mass is 32.2. The van der Waals surface area contributed by atoms with Crippen molar-refractivity contribution in [3.8, 4) is 17.3 Å². The standard InChI is InChI=1S/C21H26N8O5S/c1-14-23-18(10-19(24-14)21(30)22-11-15-5-4-6-16(9-15)33-2)20-25-27-29(26-20)13-17-12-28(7-8-34-17)35(3,31)32/h4-6,9-10,17H,7-8,11-13H2,1-3H3,(H,22,30). The van der Waals surface area contributed by atoms with E-state index in [-0.39, 0.29) is 30.5 Å². The van der Waals surface area contributed by atoms with E-state index < -0.39 is 16.1 Å². The van der Waals surface area contributed by atoms with Gasteiger partial charge in [-0.25, -0.2) is 18.4 Å². The summed E-state index contributed by atoms with van der Waals surface area (Å²) in [5.74, 6) is 0.926. The van der Waals surface area contributed by atoms with Gasteiger partial charge in [0.15, 0.2) is 0 Å². The Morgan fingerprint density at radius 3 is 2.89 bits per heavy atom. The first-order valence-corrected chi connectivity index (χ1v) is 12.7. The van der Waals surface area contributed by atoms with Crippen molar-refractivity contribution in [3.05, 3.63) is 47.4 Å². The molecule has 1 unspecified atom stereocenters. The number of tetrazole rings is 1. The van der Waals surface area contributed by atoms with Crippen LogP contribution in [0.4, 0.5) is 0 Å². The van der Waals surface area contributed by atoms with Crippen LogP contribution < -0.4 is 10.1 Å². The highest BCUT2D eigenvalue weighted by Gasteiger charge is 2.27. The van der Waals surface area contributed by atoms with Gasteiger partial charge in [0.05, 0.1) is 32.6 Å². The highest BCUT2D eigenvalue weighted by molar-refractivity contribution is 7.88. The van der Waals surface area contributed by atoms with E-state index in [1.165, 1.54) is 21.4 Å². The minimum Gasteiger partial charge on any atom is -0.497 e. The minimum atomic E-state index is -3.31. The maximum Gasteiger partial charge on any atom is 0.270 e. The molecule has 0 aliphatic carbocycles. The summed E-state index contributed by atoms with van der Waals surface area (Å²) in [5, 5.41) is 15.2. The zero-order valence-corrected chi connectivity index (χ0v) is 20.4. The molecule has 0 spiro atoms. The fraction of sp³-hybridized carbons (Fsp3) is 0.429. The third-order valence-electron chi connectivity index (χ3n) is 5.28. The number of sulfonamides is 1. The molecule has 35 heavy (non-hydrogen) atoms. The number of morpholine rings is 1. The van der Waals surface area contributed by atoms with Crippen molar-refractivity contribution in [2.75, 3.05) is 33.1 Å². The molecule has 1 aliphatic heterocycles. The predicted molar refractivity (Wildman–Crippen MR) is 124 cm³/mol. The molecular weight excluding hydrogens is 476 g/mol. The van der Waals surface area contributed by atoms with E-state index in [4.69, 9.17) is 9.47 Å². The number of hydrogen-bond donors (Lipinski definition) is 1. The first kappa shape index (κ1) is 24.6. The van der Waals surface area contributed by atoms with Gasteiger partial charge in [-0.05, 0) is 35.9 Å².